The summed E-state index contributed by atoms with van der Waals surface area (Å²) in [6, 6.07) is 7.77. The first-order valence-corrected chi connectivity index (χ1v) is 9.98. The number of aromatic amines is 1. The number of nitrogens with one attached hydrogen (secondary N) is 2. The SMILES string of the molecule is CC(=O)c1ncc2cc(C(=O)Nc3cc4[nH]c([C@H]5CCCN5C)cc4cn3)ccn12.Cl. The summed E-state index contributed by atoms with van der Waals surface area (Å²) >= 11 is 0. The van der Waals surface area contributed by atoms with Gasteiger partial charge in [-0.05, 0) is 44.6 Å². The molecular formula is C22H23ClN6O2. The number of fused-ring (bicyclic) bond motifs is 2. The van der Waals surface area contributed by atoms with E-state index in [-0.39, 0.29) is 24.1 Å². The van der Waals surface area contributed by atoms with E-state index in [9.17, 15) is 9.59 Å². The number of Topliss-reactive ketones (excluding diaryl/α,β-unsaturated/α-hetero) is 1. The van der Waals surface area contributed by atoms with Crippen LogP contribution in [0.1, 0.15) is 52.5 Å². The van der Waals surface area contributed by atoms with Crippen LogP contribution in [0.5, 0.6) is 0 Å². The molecule has 1 amide bonds. The molecular weight excluding hydrogens is 416 g/mol. The van der Waals surface area contributed by atoms with Crippen molar-refractivity contribution in [3.05, 3.63) is 59.9 Å². The minimum Gasteiger partial charge on any atom is -0.357 e. The summed E-state index contributed by atoms with van der Waals surface area (Å²) < 4.78 is 1.67. The number of carbonyl (C=O) groups excluding carboxylic acids is 2. The molecule has 160 valence electrons. The molecule has 5 heterocycles. The topological polar surface area (TPSA) is 95.4 Å². The van der Waals surface area contributed by atoms with Gasteiger partial charge in [-0.2, -0.15) is 0 Å². The monoisotopic (exact) mass is 438 g/mol. The van der Waals surface area contributed by atoms with Gasteiger partial charge in [-0.25, -0.2) is 9.97 Å². The fraction of sp³-hybridized carbons (Fsp3) is 0.273. The van der Waals surface area contributed by atoms with Gasteiger partial charge in [0, 0.05) is 48.1 Å². The van der Waals surface area contributed by atoms with Crippen molar-refractivity contribution in [2.45, 2.75) is 25.8 Å². The van der Waals surface area contributed by atoms with Gasteiger partial charge in [-0.1, -0.05) is 0 Å². The van der Waals surface area contributed by atoms with Crippen molar-refractivity contribution in [2.75, 3.05) is 18.9 Å². The van der Waals surface area contributed by atoms with Crippen LogP contribution in [-0.2, 0) is 0 Å². The van der Waals surface area contributed by atoms with Crippen LogP contribution in [0.2, 0.25) is 0 Å². The number of hydrogen-bond donors (Lipinski definition) is 2. The number of H-pyrrole nitrogens is 1. The number of hydrogen-bond acceptors (Lipinski definition) is 5. The van der Waals surface area contributed by atoms with Crippen molar-refractivity contribution in [3.63, 3.8) is 0 Å². The van der Waals surface area contributed by atoms with Gasteiger partial charge in [0.15, 0.2) is 11.6 Å². The number of amides is 1. The van der Waals surface area contributed by atoms with E-state index in [1.165, 1.54) is 19.0 Å². The van der Waals surface area contributed by atoms with E-state index in [0.717, 1.165) is 23.9 Å². The van der Waals surface area contributed by atoms with Crippen molar-refractivity contribution in [2.24, 2.45) is 0 Å². The van der Waals surface area contributed by atoms with E-state index < -0.39 is 0 Å². The molecule has 1 saturated heterocycles. The lowest BCUT2D eigenvalue weighted by atomic mass is 10.1. The van der Waals surface area contributed by atoms with Gasteiger partial charge in [0.05, 0.1) is 17.2 Å². The van der Waals surface area contributed by atoms with Gasteiger partial charge in [0.1, 0.15) is 5.82 Å². The average molecular weight is 439 g/mol. The van der Waals surface area contributed by atoms with Crippen LogP contribution in [0.15, 0.2) is 42.9 Å². The van der Waals surface area contributed by atoms with E-state index in [1.807, 2.05) is 6.07 Å². The second-order valence-corrected chi connectivity index (χ2v) is 7.82. The fourth-order valence-electron chi connectivity index (χ4n) is 4.19. The van der Waals surface area contributed by atoms with Crippen LogP contribution >= 0.6 is 12.4 Å². The third-order valence-electron chi connectivity index (χ3n) is 5.75. The maximum Gasteiger partial charge on any atom is 0.256 e. The molecule has 0 aliphatic carbocycles. The Hall–Kier alpha value is -3.23. The predicted octanol–water partition coefficient (Wildman–Crippen LogP) is 3.85. The molecule has 0 radical (unpaired) electrons. The molecule has 2 N–H and O–H groups in total. The van der Waals surface area contributed by atoms with Gasteiger partial charge in [0.2, 0.25) is 0 Å². The molecule has 0 spiro atoms. The zero-order chi connectivity index (χ0) is 20.8. The third kappa shape index (κ3) is 3.80. The lowest BCUT2D eigenvalue weighted by Crippen LogP contribution is -2.17. The number of halogens is 1. The highest BCUT2D eigenvalue weighted by atomic mass is 35.5. The Labute approximate surface area is 185 Å². The summed E-state index contributed by atoms with van der Waals surface area (Å²) in [4.78, 5) is 38.7. The van der Waals surface area contributed by atoms with Gasteiger partial charge < -0.3 is 10.3 Å². The molecule has 0 saturated carbocycles. The first-order valence-electron chi connectivity index (χ1n) is 9.98. The highest BCUT2D eigenvalue weighted by Gasteiger charge is 2.24. The summed E-state index contributed by atoms with van der Waals surface area (Å²) in [7, 11) is 2.14. The Morgan fingerprint density at radius 3 is 2.77 bits per heavy atom. The van der Waals surface area contributed by atoms with E-state index >= 15 is 0 Å². The Bertz CT molecular complexity index is 1290. The van der Waals surface area contributed by atoms with Crippen molar-refractivity contribution < 1.29 is 9.59 Å². The van der Waals surface area contributed by atoms with Crippen molar-refractivity contribution in [1.82, 2.24) is 24.3 Å². The van der Waals surface area contributed by atoms with Crippen LogP contribution in [0.25, 0.3) is 16.4 Å². The van der Waals surface area contributed by atoms with Crippen molar-refractivity contribution in [3.8, 4) is 0 Å². The smallest absolute Gasteiger partial charge is 0.256 e. The number of imidazole rings is 1. The molecule has 1 fully saturated rings. The quantitative estimate of drug-likeness (QED) is 0.472. The normalized spacial score (nSPS) is 16.5. The maximum absolute atomic E-state index is 12.7. The van der Waals surface area contributed by atoms with Crippen LogP contribution in [-0.4, -0.2) is 49.5 Å². The van der Waals surface area contributed by atoms with Crippen LogP contribution in [0, 0.1) is 0 Å². The Morgan fingerprint density at radius 2 is 2.03 bits per heavy atom. The number of ketones is 1. The standard InChI is InChI=1S/C22H22N6O2.ClH/c1-13(29)21-24-12-16-8-14(5-7-28(16)21)22(30)26-20-10-17-15(11-23-20)9-18(25-17)19-4-3-6-27(19)2;/h5,7-12,19,25H,3-4,6H2,1-2H3,(H,23,26,30);1H/t19-;/m1./s1. The van der Waals surface area contributed by atoms with E-state index in [0.29, 0.717) is 28.8 Å². The molecule has 1 aliphatic rings. The van der Waals surface area contributed by atoms with Crippen molar-refractivity contribution in [1.29, 1.82) is 0 Å². The highest BCUT2D eigenvalue weighted by molar-refractivity contribution is 6.05. The van der Waals surface area contributed by atoms with Gasteiger partial charge >= 0.3 is 0 Å². The molecule has 0 unspecified atom stereocenters. The summed E-state index contributed by atoms with van der Waals surface area (Å²) in [5, 5.41) is 3.88. The number of pyridine rings is 2. The van der Waals surface area contributed by atoms with Crippen LogP contribution < -0.4 is 5.32 Å². The van der Waals surface area contributed by atoms with Gasteiger partial charge in [0.25, 0.3) is 5.91 Å². The Balaban J connectivity index is 0.00000231. The van der Waals surface area contributed by atoms with Crippen LogP contribution in [0.4, 0.5) is 5.82 Å². The largest absolute Gasteiger partial charge is 0.357 e. The minimum absolute atomic E-state index is 0. The Kier molecular flexibility index (Phi) is 5.51. The second kappa shape index (κ2) is 8.13. The number of anilines is 1. The number of aromatic nitrogens is 4. The molecule has 1 aliphatic heterocycles. The first-order chi connectivity index (χ1) is 14.5. The highest BCUT2D eigenvalue weighted by Crippen LogP contribution is 2.32. The number of carbonyl (C=O) groups is 2. The molecule has 1 atom stereocenters. The lowest BCUT2D eigenvalue weighted by Gasteiger charge is -2.17. The number of rotatable bonds is 4. The maximum atomic E-state index is 12.7. The van der Waals surface area contributed by atoms with Crippen molar-refractivity contribution >= 4 is 46.3 Å². The van der Waals surface area contributed by atoms with E-state index in [2.05, 4.69) is 38.3 Å². The summed E-state index contributed by atoms with van der Waals surface area (Å²) in [5.74, 6) is 0.439. The Morgan fingerprint density at radius 1 is 1.19 bits per heavy atom. The summed E-state index contributed by atoms with van der Waals surface area (Å²) in [6.45, 7) is 2.57. The van der Waals surface area contributed by atoms with Gasteiger partial charge in [-0.3, -0.25) is 18.9 Å². The zero-order valence-electron chi connectivity index (χ0n) is 17.3. The van der Waals surface area contributed by atoms with E-state index in [4.69, 9.17) is 0 Å². The molecule has 0 aromatic carbocycles. The molecule has 9 heteroatoms. The first kappa shape index (κ1) is 21.0. The lowest BCUT2D eigenvalue weighted by molar-refractivity contribution is 0.100. The molecule has 0 bridgehead atoms. The molecule has 5 rings (SSSR count). The molecule has 8 nitrogen and oxygen atoms in total. The molecule has 31 heavy (non-hydrogen) atoms. The average Bonchev–Trinajstić information content (AvgIpc) is 3.44. The van der Waals surface area contributed by atoms with Gasteiger partial charge in [-0.15, -0.1) is 12.4 Å². The number of likely N-dealkylation sites (tertiary alicyclic amines) is 1. The predicted molar refractivity (Wildman–Crippen MR) is 121 cm³/mol. The number of nitrogens with zero attached hydrogens (tertiary/aromatic N) is 4. The van der Waals surface area contributed by atoms with Crippen LogP contribution in [0.3, 0.4) is 0 Å². The fourth-order valence-corrected chi connectivity index (χ4v) is 4.19. The molecule has 4 aromatic rings. The third-order valence-corrected chi connectivity index (χ3v) is 5.75. The summed E-state index contributed by atoms with van der Waals surface area (Å²) in [6.07, 6.45) is 7.38. The second-order valence-electron chi connectivity index (χ2n) is 7.82. The zero-order valence-corrected chi connectivity index (χ0v) is 18.1. The van der Waals surface area contributed by atoms with E-state index in [1.54, 1.807) is 35.1 Å². The minimum atomic E-state index is -0.266. The summed E-state index contributed by atoms with van der Waals surface area (Å²) in [5.41, 5.74) is 3.29. The molecule has 4 aromatic heterocycles.